The van der Waals surface area contributed by atoms with Gasteiger partial charge in [0.25, 0.3) is 0 Å². The maximum atomic E-state index is 12.4. The number of nitrogens with zero attached hydrogens (tertiary/aromatic N) is 2. The Balaban J connectivity index is 1.45. The minimum absolute atomic E-state index is 0.163. The van der Waals surface area contributed by atoms with E-state index in [1.54, 1.807) is 0 Å². The van der Waals surface area contributed by atoms with E-state index in [1.807, 2.05) is 7.05 Å². The zero-order chi connectivity index (χ0) is 18.4. The molecule has 0 spiro atoms. The van der Waals surface area contributed by atoms with Crippen molar-refractivity contribution in [3.05, 3.63) is 29.8 Å². The number of benzene rings is 1. The molecule has 1 aromatic carbocycles. The van der Waals surface area contributed by atoms with Gasteiger partial charge in [0.05, 0.1) is 6.54 Å². The van der Waals surface area contributed by atoms with Crippen molar-refractivity contribution >= 4 is 11.6 Å². The fourth-order valence-corrected chi connectivity index (χ4v) is 4.36. The molecule has 0 radical (unpaired) electrons. The Labute approximate surface area is 158 Å². The van der Waals surface area contributed by atoms with E-state index in [9.17, 15) is 4.79 Å². The lowest BCUT2D eigenvalue weighted by Crippen LogP contribution is -2.44. The molecule has 4 heteroatoms. The Bertz CT molecular complexity index is 565. The van der Waals surface area contributed by atoms with Gasteiger partial charge in [0.2, 0.25) is 5.91 Å². The highest BCUT2D eigenvalue weighted by atomic mass is 16.2. The molecule has 26 heavy (non-hydrogen) atoms. The predicted octanol–water partition coefficient (Wildman–Crippen LogP) is 3.80. The number of nitrogens with one attached hydrogen (secondary N) is 1. The van der Waals surface area contributed by atoms with Crippen LogP contribution in [0.25, 0.3) is 0 Å². The highest BCUT2D eigenvalue weighted by molar-refractivity contribution is 5.78. The molecule has 1 amide bonds. The normalized spacial score (nSPS) is 23.9. The van der Waals surface area contributed by atoms with Crippen LogP contribution in [0.1, 0.15) is 57.4 Å². The predicted molar refractivity (Wildman–Crippen MR) is 108 cm³/mol. The van der Waals surface area contributed by atoms with Gasteiger partial charge in [-0.25, -0.2) is 0 Å². The summed E-state index contributed by atoms with van der Waals surface area (Å²) in [5.74, 6) is 0.775. The van der Waals surface area contributed by atoms with E-state index in [1.165, 1.54) is 62.9 Å². The number of rotatable bonds is 6. The third-order valence-corrected chi connectivity index (χ3v) is 5.98. The highest BCUT2D eigenvalue weighted by Gasteiger charge is 2.23. The van der Waals surface area contributed by atoms with Crippen molar-refractivity contribution in [1.82, 2.24) is 10.2 Å². The van der Waals surface area contributed by atoms with E-state index in [-0.39, 0.29) is 5.91 Å². The molecule has 1 aliphatic heterocycles. The molecule has 2 fully saturated rings. The van der Waals surface area contributed by atoms with Crippen LogP contribution in [0.3, 0.4) is 0 Å². The maximum absolute atomic E-state index is 12.4. The Morgan fingerprint density at radius 3 is 2.46 bits per heavy atom. The smallest absolute Gasteiger partial charge is 0.234 e. The second-order valence-electron chi connectivity index (χ2n) is 8.32. The average Bonchev–Trinajstić information content (AvgIpc) is 2.65. The minimum atomic E-state index is 0.163. The molecule has 4 nitrogen and oxygen atoms in total. The molecule has 1 N–H and O–H groups in total. The zero-order valence-electron chi connectivity index (χ0n) is 16.5. The van der Waals surface area contributed by atoms with Gasteiger partial charge in [-0.15, -0.1) is 0 Å². The van der Waals surface area contributed by atoms with Crippen molar-refractivity contribution in [2.75, 3.05) is 31.6 Å². The maximum Gasteiger partial charge on any atom is 0.234 e. The van der Waals surface area contributed by atoms with Crippen molar-refractivity contribution in [3.63, 3.8) is 0 Å². The van der Waals surface area contributed by atoms with Gasteiger partial charge in [-0.05, 0) is 62.8 Å². The topological polar surface area (TPSA) is 35.6 Å². The van der Waals surface area contributed by atoms with Crippen molar-refractivity contribution in [1.29, 1.82) is 0 Å². The van der Waals surface area contributed by atoms with E-state index in [0.29, 0.717) is 18.5 Å². The van der Waals surface area contributed by atoms with Crippen molar-refractivity contribution in [2.45, 2.75) is 64.5 Å². The average molecular weight is 358 g/mol. The first kappa shape index (κ1) is 19.2. The van der Waals surface area contributed by atoms with E-state index in [0.717, 1.165) is 13.0 Å². The van der Waals surface area contributed by atoms with Crippen LogP contribution in [0, 0.1) is 5.92 Å². The summed E-state index contributed by atoms with van der Waals surface area (Å²) < 4.78 is 0. The number of anilines is 1. The second kappa shape index (κ2) is 9.40. The third-order valence-electron chi connectivity index (χ3n) is 5.98. The van der Waals surface area contributed by atoms with Crippen molar-refractivity contribution < 1.29 is 4.79 Å². The quantitative estimate of drug-likeness (QED) is 0.841. The number of hydrogen-bond donors (Lipinski definition) is 1. The lowest BCUT2D eigenvalue weighted by molar-refractivity contribution is -0.123. The molecule has 1 saturated heterocycles. The largest absolute Gasteiger partial charge is 0.372 e. The van der Waals surface area contributed by atoms with Crippen molar-refractivity contribution in [2.24, 2.45) is 5.92 Å². The van der Waals surface area contributed by atoms with Gasteiger partial charge in [0, 0.05) is 31.4 Å². The Hall–Kier alpha value is -1.55. The summed E-state index contributed by atoms with van der Waals surface area (Å²) >= 11 is 0. The Morgan fingerprint density at radius 1 is 1.08 bits per heavy atom. The van der Waals surface area contributed by atoms with Crippen LogP contribution in [-0.2, 0) is 11.3 Å². The van der Waals surface area contributed by atoms with Gasteiger partial charge in [0.1, 0.15) is 0 Å². The fourth-order valence-electron chi connectivity index (χ4n) is 4.36. The summed E-state index contributed by atoms with van der Waals surface area (Å²) in [5, 5.41) is 3.25. The van der Waals surface area contributed by atoms with Crippen LogP contribution in [-0.4, -0.2) is 43.5 Å². The molecule has 2 aliphatic rings. The molecule has 1 aliphatic carbocycles. The number of carbonyl (C=O) groups excluding carboxylic acids is 1. The van der Waals surface area contributed by atoms with E-state index in [2.05, 4.69) is 46.3 Å². The first-order valence-electron chi connectivity index (χ1n) is 10.4. The standard InChI is InChI=1S/C22H35N3O/c1-18-8-4-5-9-21(18)23-22(26)17-24(2)16-19-10-12-20(13-11-19)25-14-6-3-7-15-25/h10-13,18,21H,3-9,14-17H2,1-2H3,(H,23,26). The van der Waals surface area contributed by atoms with E-state index >= 15 is 0 Å². The minimum Gasteiger partial charge on any atom is -0.372 e. The van der Waals surface area contributed by atoms with Gasteiger partial charge in [0.15, 0.2) is 0 Å². The Morgan fingerprint density at radius 2 is 1.77 bits per heavy atom. The summed E-state index contributed by atoms with van der Waals surface area (Å²) in [6, 6.07) is 9.26. The number of amides is 1. The molecular formula is C22H35N3O. The first-order valence-corrected chi connectivity index (χ1v) is 10.4. The van der Waals surface area contributed by atoms with E-state index < -0.39 is 0 Å². The van der Waals surface area contributed by atoms with Crippen LogP contribution in [0.5, 0.6) is 0 Å². The third kappa shape index (κ3) is 5.47. The zero-order valence-corrected chi connectivity index (χ0v) is 16.5. The highest BCUT2D eigenvalue weighted by Crippen LogP contribution is 2.24. The molecule has 0 aromatic heterocycles. The Kier molecular flexibility index (Phi) is 6.95. The van der Waals surface area contributed by atoms with Crippen LogP contribution in [0.15, 0.2) is 24.3 Å². The molecule has 144 valence electrons. The molecule has 3 rings (SSSR count). The van der Waals surface area contributed by atoms with Gasteiger partial charge >= 0.3 is 0 Å². The molecule has 1 aromatic rings. The summed E-state index contributed by atoms with van der Waals surface area (Å²) in [6.07, 6.45) is 8.90. The van der Waals surface area contributed by atoms with Gasteiger partial charge < -0.3 is 10.2 Å². The molecule has 2 atom stereocenters. The summed E-state index contributed by atoms with van der Waals surface area (Å²) in [4.78, 5) is 17.0. The molecule has 1 saturated carbocycles. The van der Waals surface area contributed by atoms with Crippen LogP contribution in [0.4, 0.5) is 5.69 Å². The van der Waals surface area contributed by atoms with Crippen molar-refractivity contribution in [3.8, 4) is 0 Å². The van der Waals surface area contributed by atoms with Gasteiger partial charge in [-0.2, -0.15) is 0 Å². The van der Waals surface area contributed by atoms with Gasteiger partial charge in [-0.1, -0.05) is 31.9 Å². The summed E-state index contributed by atoms with van der Waals surface area (Å²) in [6.45, 7) is 5.90. The monoisotopic (exact) mass is 357 g/mol. The number of likely N-dealkylation sites (N-methyl/N-ethyl adjacent to an activating group) is 1. The lowest BCUT2D eigenvalue weighted by atomic mass is 9.86. The van der Waals surface area contributed by atoms with Crippen LogP contribution in [0.2, 0.25) is 0 Å². The van der Waals surface area contributed by atoms with Crippen LogP contribution < -0.4 is 10.2 Å². The van der Waals surface area contributed by atoms with Crippen LogP contribution >= 0.6 is 0 Å². The first-order chi connectivity index (χ1) is 12.6. The number of hydrogen-bond acceptors (Lipinski definition) is 3. The SMILES string of the molecule is CC1CCCCC1NC(=O)CN(C)Cc1ccc(N2CCCCC2)cc1. The fraction of sp³-hybridized carbons (Fsp3) is 0.682. The molecule has 1 heterocycles. The lowest BCUT2D eigenvalue weighted by Gasteiger charge is -2.30. The molecular weight excluding hydrogens is 322 g/mol. The molecule has 2 unspecified atom stereocenters. The van der Waals surface area contributed by atoms with Gasteiger partial charge in [-0.3, -0.25) is 9.69 Å². The van der Waals surface area contributed by atoms with E-state index in [4.69, 9.17) is 0 Å². The summed E-state index contributed by atoms with van der Waals surface area (Å²) in [5.41, 5.74) is 2.60. The summed E-state index contributed by atoms with van der Waals surface area (Å²) in [7, 11) is 2.03. The second-order valence-corrected chi connectivity index (χ2v) is 8.32. The number of carbonyl (C=O) groups is 1. The number of piperidine rings is 1. The molecule has 0 bridgehead atoms.